The molecule has 1 N–H and O–H groups in total. The lowest BCUT2D eigenvalue weighted by Gasteiger charge is -2.17. The molecule has 26 heavy (non-hydrogen) atoms. The van der Waals surface area contributed by atoms with Gasteiger partial charge < -0.3 is 5.32 Å². The Morgan fingerprint density at radius 1 is 1.04 bits per heavy atom. The highest BCUT2D eigenvalue weighted by atomic mass is 16.2. The molecule has 0 radical (unpaired) electrons. The number of aryl methyl sites for hydroxylation is 3. The monoisotopic (exact) mass is 345 g/mol. The van der Waals surface area contributed by atoms with Crippen LogP contribution in [-0.2, 0) is 10.2 Å². The lowest BCUT2D eigenvalue weighted by molar-refractivity contribution is -0.118. The Bertz CT molecular complexity index is 983. The minimum absolute atomic E-state index is 0.0774. The summed E-state index contributed by atoms with van der Waals surface area (Å²) in [7, 11) is 0. The van der Waals surface area contributed by atoms with Crippen molar-refractivity contribution in [1.29, 1.82) is 0 Å². The van der Waals surface area contributed by atoms with Crippen LogP contribution in [0.5, 0.6) is 0 Å². The summed E-state index contributed by atoms with van der Waals surface area (Å²) in [5.41, 5.74) is 5.74. The number of carbonyl (C=O) groups is 1. The topological polar surface area (TPSA) is 46.9 Å². The maximum atomic E-state index is 13.0. The standard InChI is InChI=1S/C22H23N3O/c1-15-6-4-7-18(12-15)22(10-11-22)21(26)23-19-8-5-9-20(14-19)25-17(3)13-16(2)24-25/h4-9,12-14H,10-11H2,1-3H3,(H,23,26). The summed E-state index contributed by atoms with van der Waals surface area (Å²) in [5, 5.41) is 7.64. The molecule has 1 amide bonds. The first-order valence-corrected chi connectivity index (χ1v) is 9.00. The smallest absolute Gasteiger partial charge is 0.235 e. The van der Waals surface area contributed by atoms with Crippen LogP contribution >= 0.6 is 0 Å². The van der Waals surface area contributed by atoms with Crippen molar-refractivity contribution in [3.05, 3.63) is 77.1 Å². The van der Waals surface area contributed by atoms with Gasteiger partial charge in [-0.25, -0.2) is 4.68 Å². The lowest BCUT2D eigenvalue weighted by atomic mass is 9.93. The van der Waals surface area contributed by atoms with E-state index in [1.165, 1.54) is 5.56 Å². The minimum Gasteiger partial charge on any atom is -0.325 e. The van der Waals surface area contributed by atoms with E-state index >= 15 is 0 Å². The fraction of sp³-hybridized carbons (Fsp3) is 0.273. The van der Waals surface area contributed by atoms with Crippen LogP contribution in [0.1, 0.15) is 35.4 Å². The molecule has 1 heterocycles. The van der Waals surface area contributed by atoms with Gasteiger partial charge in [-0.2, -0.15) is 5.10 Å². The van der Waals surface area contributed by atoms with Crippen LogP contribution in [0.3, 0.4) is 0 Å². The van der Waals surface area contributed by atoms with Crippen molar-refractivity contribution in [1.82, 2.24) is 9.78 Å². The zero-order valence-corrected chi connectivity index (χ0v) is 15.4. The van der Waals surface area contributed by atoms with Crippen LogP contribution in [0.4, 0.5) is 5.69 Å². The summed E-state index contributed by atoms with van der Waals surface area (Å²) in [6, 6.07) is 18.2. The summed E-state index contributed by atoms with van der Waals surface area (Å²) in [6.45, 7) is 6.07. The number of hydrogen-bond acceptors (Lipinski definition) is 2. The molecule has 0 saturated heterocycles. The van der Waals surface area contributed by atoms with E-state index in [2.05, 4.69) is 35.5 Å². The van der Waals surface area contributed by atoms with Crippen LogP contribution in [0, 0.1) is 20.8 Å². The average Bonchev–Trinajstić information content (AvgIpc) is 3.35. The maximum Gasteiger partial charge on any atom is 0.235 e. The first kappa shape index (κ1) is 16.6. The Balaban J connectivity index is 1.59. The van der Waals surface area contributed by atoms with E-state index < -0.39 is 0 Å². The Labute approximate surface area is 153 Å². The van der Waals surface area contributed by atoms with Crippen molar-refractivity contribution in [2.75, 3.05) is 5.32 Å². The number of amides is 1. The number of rotatable bonds is 4. The number of aromatic nitrogens is 2. The van der Waals surface area contributed by atoms with Gasteiger partial charge in [0, 0.05) is 11.4 Å². The van der Waals surface area contributed by atoms with E-state index in [1.807, 2.05) is 54.9 Å². The molecule has 1 aliphatic rings. The number of hydrogen-bond donors (Lipinski definition) is 1. The molecular weight excluding hydrogens is 322 g/mol. The van der Waals surface area contributed by atoms with Gasteiger partial charge in [0.05, 0.1) is 16.8 Å². The fourth-order valence-electron chi connectivity index (χ4n) is 3.57. The first-order valence-electron chi connectivity index (χ1n) is 9.00. The maximum absolute atomic E-state index is 13.0. The molecule has 1 saturated carbocycles. The predicted octanol–water partition coefficient (Wildman–Crippen LogP) is 4.47. The summed E-state index contributed by atoms with van der Waals surface area (Å²) in [5.74, 6) is 0.0774. The Kier molecular flexibility index (Phi) is 3.91. The molecule has 0 unspecified atom stereocenters. The SMILES string of the molecule is Cc1cccc(C2(C(=O)Nc3cccc(-n4nc(C)cc4C)c3)CC2)c1. The molecule has 0 bridgehead atoms. The Morgan fingerprint density at radius 3 is 2.46 bits per heavy atom. The third kappa shape index (κ3) is 2.92. The van der Waals surface area contributed by atoms with Crippen molar-refractivity contribution in [2.45, 2.75) is 39.0 Å². The molecule has 1 aromatic heterocycles. The van der Waals surface area contributed by atoms with E-state index in [9.17, 15) is 4.79 Å². The highest BCUT2D eigenvalue weighted by molar-refractivity contribution is 6.01. The number of benzene rings is 2. The zero-order valence-electron chi connectivity index (χ0n) is 15.4. The second-order valence-corrected chi connectivity index (χ2v) is 7.29. The predicted molar refractivity (Wildman–Crippen MR) is 104 cm³/mol. The van der Waals surface area contributed by atoms with Gasteiger partial charge in [0.1, 0.15) is 0 Å². The summed E-state index contributed by atoms with van der Waals surface area (Å²) >= 11 is 0. The van der Waals surface area contributed by atoms with E-state index in [1.54, 1.807) is 0 Å². The summed E-state index contributed by atoms with van der Waals surface area (Å²) in [6.07, 6.45) is 1.80. The summed E-state index contributed by atoms with van der Waals surface area (Å²) < 4.78 is 1.90. The Hall–Kier alpha value is -2.88. The van der Waals surface area contributed by atoms with E-state index in [0.29, 0.717) is 0 Å². The van der Waals surface area contributed by atoms with Crippen molar-refractivity contribution < 1.29 is 4.79 Å². The van der Waals surface area contributed by atoms with Crippen molar-refractivity contribution in [2.24, 2.45) is 0 Å². The van der Waals surface area contributed by atoms with Crippen LogP contribution in [0.15, 0.2) is 54.6 Å². The van der Waals surface area contributed by atoms with Gasteiger partial charge >= 0.3 is 0 Å². The second kappa shape index (κ2) is 6.13. The van der Waals surface area contributed by atoms with Gasteiger partial charge in [-0.1, -0.05) is 35.9 Å². The number of nitrogens with zero attached hydrogens (tertiary/aromatic N) is 2. The molecule has 0 spiro atoms. The van der Waals surface area contributed by atoms with Crippen LogP contribution in [0.2, 0.25) is 0 Å². The van der Waals surface area contributed by atoms with Gasteiger partial charge in [0.15, 0.2) is 0 Å². The van der Waals surface area contributed by atoms with Gasteiger partial charge in [0.2, 0.25) is 5.91 Å². The van der Waals surface area contributed by atoms with E-state index in [0.717, 1.165) is 41.2 Å². The second-order valence-electron chi connectivity index (χ2n) is 7.29. The molecule has 2 aromatic carbocycles. The number of anilines is 1. The molecule has 1 aliphatic carbocycles. The van der Waals surface area contributed by atoms with Crippen molar-refractivity contribution in [3.8, 4) is 5.69 Å². The molecule has 4 heteroatoms. The lowest BCUT2D eigenvalue weighted by Crippen LogP contribution is -2.27. The van der Waals surface area contributed by atoms with Crippen molar-refractivity contribution in [3.63, 3.8) is 0 Å². The van der Waals surface area contributed by atoms with Gasteiger partial charge in [0.25, 0.3) is 0 Å². The third-order valence-electron chi connectivity index (χ3n) is 5.11. The molecule has 3 aromatic rings. The highest BCUT2D eigenvalue weighted by Gasteiger charge is 2.51. The largest absolute Gasteiger partial charge is 0.325 e. The zero-order chi connectivity index (χ0) is 18.3. The van der Waals surface area contributed by atoms with Crippen LogP contribution in [-0.4, -0.2) is 15.7 Å². The number of carbonyl (C=O) groups excluding carboxylic acids is 1. The molecule has 4 nitrogen and oxygen atoms in total. The quantitative estimate of drug-likeness (QED) is 0.758. The van der Waals surface area contributed by atoms with Crippen molar-refractivity contribution >= 4 is 11.6 Å². The first-order chi connectivity index (χ1) is 12.5. The van der Waals surface area contributed by atoms with Gasteiger partial charge in [-0.05, 0) is 63.4 Å². The van der Waals surface area contributed by atoms with Gasteiger partial charge in [-0.15, -0.1) is 0 Å². The fourth-order valence-corrected chi connectivity index (χ4v) is 3.57. The average molecular weight is 345 g/mol. The summed E-state index contributed by atoms with van der Waals surface area (Å²) in [4.78, 5) is 13.0. The van der Waals surface area contributed by atoms with Crippen LogP contribution < -0.4 is 5.32 Å². The van der Waals surface area contributed by atoms with E-state index in [-0.39, 0.29) is 11.3 Å². The molecule has 0 atom stereocenters. The molecule has 1 fully saturated rings. The molecule has 132 valence electrons. The molecule has 0 aliphatic heterocycles. The molecular formula is C22H23N3O. The molecule has 4 rings (SSSR count). The highest BCUT2D eigenvalue weighted by Crippen LogP contribution is 2.49. The third-order valence-corrected chi connectivity index (χ3v) is 5.11. The number of nitrogens with one attached hydrogen (secondary N) is 1. The normalized spacial score (nSPS) is 14.9. The van der Waals surface area contributed by atoms with Gasteiger partial charge in [-0.3, -0.25) is 4.79 Å². The van der Waals surface area contributed by atoms with Crippen LogP contribution in [0.25, 0.3) is 5.69 Å². The van der Waals surface area contributed by atoms with E-state index in [4.69, 9.17) is 0 Å². The minimum atomic E-state index is -0.375. The Morgan fingerprint density at radius 2 is 1.81 bits per heavy atom.